The molecule has 18 heavy (non-hydrogen) atoms. The lowest BCUT2D eigenvalue weighted by molar-refractivity contribution is 0.0536. The first-order valence-corrected chi connectivity index (χ1v) is 7.85. The summed E-state index contributed by atoms with van der Waals surface area (Å²) >= 11 is 5.61. The van der Waals surface area contributed by atoms with Crippen LogP contribution in [-0.4, -0.2) is 25.7 Å². The molecule has 98 valence electrons. The van der Waals surface area contributed by atoms with Crippen LogP contribution in [0.5, 0.6) is 0 Å². The van der Waals surface area contributed by atoms with Crippen molar-refractivity contribution in [3.05, 3.63) is 31.8 Å². The van der Waals surface area contributed by atoms with E-state index >= 15 is 0 Å². The van der Waals surface area contributed by atoms with Gasteiger partial charge in [0.25, 0.3) is 5.91 Å². The Morgan fingerprint density at radius 3 is 3.11 bits per heavy atom. The zero-order chi connectivity index (χ0) is 13.0. The SMILES string of the molecule is O=C(NCC1CCCOC1)c1cc(I)ccc1Br. The van der Waals surface area contributed by atoms with E-state index in [9.17, 15) is 4.79 Å². The molecule has 1 aliphatic rings. The van der Waals surface area contributed by atoms with E-state index in [4.69, 9.17) is 4.74 Å². The first kappa shape index (κ1) is 14.3. The number of rotatable bonds is 3. The first-order chi connectivity index (χ1) is 8.66. The normalized spacial score (nSPS) is 19.6. The summed E-state index contributed by atoms with van der Waals surface area (Å²) in [7, 11) is 0. The molecule has 1 heterocycles. The maximum Gasteiger partial charge on any atom is 0.252 e. The van der Waals surface area contributed by atoms with Crippen LogP contribution in [0.4, 0.5) is 0 Å². The van der Waals surface area contributed by atoms with Gasteiger partial charge in [-0.25, -0.2) is 0 Å². The quantitative estimate of drug-likeness (QED) is 0.758. The zero-order valence-electron chi connectivity index (χ0n) is 9.92. The van der Waals surface area contributed by atoms with E-state index in [1.165, 1.54) is 0 Å². The zero-order valence-corrected chi connectivity index (χ0v) is 13.7. The largest absolute Gasteiger partial charge is 0.381 e. The molecule has 1 unspecified atom stereocenters. The Kier molecular flexibility index (Phi) is 5.44. The highest BCUT2D eigenvalue weighted by Crippen LogP contribution is 2.19. The molecule has 1 aliphatic heterocycles. The van der Waals surface area contributed by atoms with Crippen molar-refractivity contribution < 1.29 is 9.53 Å². The topological polar surface area (TPSA) is 38.3 Å². The van der Waals surface area contributed by atoms with E-state index < -0.39 is 0 Å². The van der Waals surface area contributed by atoms with Crippen LogP contribution in [0.25, 0.3) is 0 Å². The number of benzene rings is 1. The van der Waals surface area contributed by atoms with Gasteiger partial charge in [0, 0.05) is 21.2 Å². The number of halogens is 2. The summed E-state index contributed by atoms with van der Waals surface area (Å²) in [4.78, 5) is 12.1. The molecule has 0 radical (unpaired) electrons. The number of amides is 1. The van der Waals surface area contributed by atoms with Crippen LogP contribution in [0.1, 0.15) is 23.2 Å². The number of hydrogen-bond acceptors (Lipinski definition) is 2. The van der Waals surface area contributed by atoms with Crippen LogP contribution in [-0.2, 0) is 4.74 Å². The summed E-state index contributed by atoms with van der Waals surface area (Å²) < 4.78 is 7.29. The van der Waals surface area contributed by atoms with Crippen molar-refractivity contribution >= 4 is 44.4 Å². The van der Waals surface area contributed by atoms with Gasteiger partial charge in [-0.3, -0.25) is 4.79 Å². The average molecular weight is 424 g/mol. The number of ether oxygens (including phenoxy) is 1. The van der Waals surface area contributed by atoms with Crippen molar-refractivity contribution in [3.8, 4) is 0 Å². The van der Waals surface area contributed by atoms with Crippen LogP contribution >= 0.6 is 38.5 Å². The summed E-state index contributed by atoms with van der Waals surface area (Å²) in [6.45, 7) is 2.30. The van der Waals surface area contributed by atoms with Gasteiger partial charge >= 0.3 is 0 Å². The van der Waals surface area contributed by atoms with Gasteiger partial charge in [-0.05, 0) is 75.5 Å². The van der Waals surface area contributed by atoms with Crippen LogP contribution in [0.15, 0.2) is 22.7 Å². The van der Waals surface area contributed by atoms with Crippen molar-refractivity contribution in [1.29, 1.82) is 0 Å². The molecule has 0 spiro atoms. The number of hydrogen-bond donors (Lipinski definition) is 1. The minimum absolute atomic E-state index is 0.0223. The van der Waals surface area contributed by atoms with Gasteiger partial charge in [0.2, 0.25) is 0 Å². The molecule has 0 bridgehead atoms. The predicted molar refractivity (Wildman–Crippen MR) is 82.7 cm³/mol. The highest BCUT2D eigenvalue weighted by molar-refractivity contribution is 14.1. The molecule has 0 aliphatic carbocycles. The summed E-state index contributed by atoms with van der Waals surface area (Å²) in [5, 5.41) is 2.98. The second-order valence-corrected chi connectivity index (χ2v) is 6.52. The predicted octanol–water partition coefficient (Wildman–Crippen LogP) is 3.21. The fourth-order valence-corrected chi connectivity index (χ4v) is 2.89. The fraction of sp³-hybridized carbons (Fsp3) is 0.462. The maximum absolute atomic E-state index is 12.1. The number of carbonyl (C=O) groups is 1. The molecule has 1 N–H and O–H groups in total. The molecule has 1 fully saturated rings. The Morgan fingerprint density at radius 1 is 1.56 bits per heavy atom. The summed E-state index contributed by atoms with van der Waals surface area (Å²) in [6.07, 6.45) is 2.22. The van der Waals surface area contributed by atoms with Crippen LogP contribution in [0, 0.1) is 9.49 Å². The second-order valence-electron chi connectivity index (χ2n) is 4.42. The highest BCUT2D eigenvalue weighted by atomic mass is 127. The lowest BCUT2D eigenvalue weighted by Gasteiger charge is -2.22. The van der Waals surface area contributed by atoms with E-state index in [1.54, 1.807) is 0 Å². The Hall–Kier alpha value is -0.140. The van der Waals surface area contributed by atoms with Gasteiger partial charge in [0.15, 0.2) is 0 Å². The van der Waals surface area contributed by atoms with Crippen molar-refractivity contribution in [1.82, 2.24) is 5.32 Å². The third kappa shape index (κ3) is 3.93. The van der Waals surface area contributed by atoms with E-state index in [0.29, 0.717) is 18.0 Å². The van der Waals surface area contributed by atoms with Gasteiger partial charge in [0.1, 0.15) is 0 Å². The Bertz CT molecular complexity index is 433. The number of nitrogens with one attached hydrogen (secondary N) is 1. The van der Waals surface area contributed by atoms with E-state index in [0.717, 1.165) is 34.1 Å². The minimum Gasteiger partial charge on any atom is -0.381 e. The Morgan fingerprint density at radius 2 is 2.39 bits per heavy atom. The van der Waals surface area contributed by atoms with Gasteiger partial charge in [-0.15, -0.1) is 0 Å². The standard InChI is InChI=1S/C13H15BrINO2/c14-12-4-3-10(15)6-11(12)13(17)16-7-9-2-1-5-18-8-9/h3-4,6,9H,1-2,5,7-8H2,(H,16,17). The molecular weight excluding hydrogens is 409 g/mol. The molecule has 1 amide bonds. The third-order valence-electron chi connectivity index (χ3n) is 2.98. The third-order valence-corrected chi connectivity index (χ3v) is 4.34. The second kappa shape index (κ2) is 6.86. The van der Waals surface area contributed by atoms with Crippen LogP contribution < -0.4 is 5.32 Å². The molecular formula is C13H15BrINO2. The molecule has 0 aromatic heterocycles. The summed E-state index contributed by atoms with van der Waals surface area (Å²) in [5.41, 5.74) is 0.693. The van der Waals surface area contributed by atoms with Crippen molar-refractivity contribution in [2.45, 2.75) is 12.8 Å². The Labute approximate surface area is 129 Å². The minimum atomic E-state index is -0.0223. The van der Waals surface area contributed by atoms with Crippen molar-refractivity contribution in [3.63, 3.8) is 0 Å². The first-order valence-electron chi connectivity index (χ1n) is 5.98. The van der Waals surface area contributed by atoms with Crippen LogP contribution in [0.2, 0.25) is 0 Å². The molecule has 3 nitrogen and oxygen atoms in total. The number of carbonyl (C=O) groups excluding carboxylic acids is 1. The summed E-state index contributed by atoms with van der Waals surface area (Å²) in [5.74, 6) is 0.426. The fourth-order valence-electron chi connectivity index (χ4n) is 1.97. The van der Waals surface area contributed by atoms with Gasteiger partial charge < -0.3 is 10.1 Å². The van der Waals surface area contributed by atoms with E-state index in [1.807, 2.05) is 18.2 Å². The lowest BCUT2D eigenvalue weighted by atomic mass is 10.0. The molecule has 1 saturated heterocycles. The lowest BCUT2D eigenvalue weighted by Crippen LogP contribution is -2.33. The molecule has 1 aromatic rings. The molecule has 1 atom stereocenters. The monoisotopic (exact) mass is 423 g/mol. The van der Waals surface area contributed by atoms with Crippen molar-refractivity contribution in [2.24, 2.45) is 5.92 Å². The molecule has 0 saturated carbocycles. The van der Waals surface area contributed by atoms with E-state index in [2.05, 4.69) is 43.8 Å². The molecule has 1 aromatic carbocycles. The summed E-state index contributed by atoms with van der Waals surface area (Å²) in [6, 6.07) is 5.76. The highest BCUT2D eigenvalue weighted by Gasteiger charge is 2.16. The van der Waals surface area contributed by atoms with Gasteiger partial charge in [-0.1, -0.05) is 0 Å². The average Bonchev–Trinajstić information content (AvgIpc) is 2.40. The Balaban J connectivity index is 1.92. The molecule has 5 heteroatoms. The smallest absolute Gasteiger partial charge is 0.252 e. The van der Waals surface area contributed by atoms with Gasteiger partial charge in [-0.2, -0.15) is 0 Å². The maximum atomic E-state index is 12.1. The van der Waals surface area contributed by atoms with Crippen LogP contribution in [0.3, 0.4) is 0 Å². The molecule has 2 rings (SSSR count). The van der Waals surface area contributed by atoms with Crippen molar-refractivity contribution in [2.75, 3.05) is 19.8 Å². The van der Waals surface area contributed by atoms with E-state index in [-0.39, 0.29) is 5.91 Å². The van der Waals surface area contributed by atoms with Gasteiger partial charge in [0.05, 0.1) is 12.2 Å².